The molecule has 3 heterocycles. The number of aromatic nitrogens is 2. The van der Waals surface area contributed by atoms with Crippen LogP contribution in [-0.2, 0) is 4.74 Å². The normalized spacial score (nSPS) is 15.1. The number of thiophene rings is 1. The largest absolute Gasteiger partial charge is 0.444 e. The first kappa shape index (κ1) is 16.7. The summed E-state index contributed by atoms with van der Waals surface area (Å²) < 4.78 is 5.41. The minimum absolute atomic E-state index is 0.138. The number of rotatable bonds is 3. The molecular formula is C17H22N4O2S. The standard InChI is InChI=1S/C17H22N4O2S/c1-17(2,3)23-16(22)20(4)13-8-21(9-13)15-7-14(18-11-19-15)12-5-6-24-10-12/h5-7,10-11,13H,8-9H2,1-4H3. The molecule has 0 N–H and O–H groups in total. The summed E-state index contributed by atoms with van der Waals surface area (Å²) in [6, 6.07) is 4.18. The van der Waals surface area contributed by atoms with E-state index in [2.05, 4.69) is 20.2 Å². The zero-order valence-electron chi connectivity index (χ0n) is 14.4. The molecule has 3 rings (SSSR count). The Kier molecular flexibility index (Phi) is 4.45. The van der Waals surface area contributed by atoms with Crippen molar-refractivity contribution >= 4 is 23.2 Å². The van der Waals surface area contributed by atoms with Gasteiger partial charge < -0.3 is 14.5 Å². The van der Waals surface area contributed by atoms with E-state index in [1.165, 1.54) is 0 Å². The van der Waals surface area contributed by atoms with E-state index in [9.17, 15) is 4.79 Å². The van der Waals surface area contributed by atoms with E-state index in [1.54, 1.807) is 29.6 Å². The summed E-state index contributed by atoms with van der Waals surface area (Å²) in [5.41, 5.74) is 1.55. The number of carbonyl (C=O) groups excluding carboxylic acids is 1. The van der Waals surface area contributed by atoms with Gasteiger partial charge in [-0.2, -0.15) is 11.3 Å². The molecule has 0 aliphatic carbocycles. The third-order valence-corrected chi connectivity index (χ3v) is 4.57. The molecule has 128 valence electrons. The van der Waals surface area contributed by atoms with Gasteiger partial charge in [-0.25, -0.2) is 14.8 Å². The summed E-state index contributed by atoms with van der Waals surface area (Å²) in [6.45, 7) is 7.11. The van der Waals surface area contributed by atoms with Crippen LogP contribution in [0, 0.1) is 0 Å². The lowest BCUT2D eigenvalue weighted by Crippen LogP contribution is -2.60. The first-order valence-corrected chi connectivity index (χ1v) is 8.83. The lowest BCUT2D eigenvalue weighted by molar-refractivity contribution is 0.0196. The number of hydrogen-bond acceptors (Lipinski definition) is 6. The average molecular weight is 346 g/mol. The Balaban J connectivity index is 1.61. The predicted molar refractivity (Wildman–Crippen MR) is 95.3 cm³/mol. The zero-order valence-corrected chi connectivity index (χ0v) is 15.2. The molecule has 1 saturated heterocycles. The predicted octanol–water partition coefficient (Wildman–Crippen LogP) is 3.26. The van der Waals surface area contributed by atoms with E-state index in [0.29, 0.717) is 0 Å². The number of carbonyl (C=O) groups is 1. The Hall–Kier alpha value is -2.15. The molecule has 0 aromatic carbocycles. The molecule has 0 saturated carbocycles. The van der Waals surface area contributed by atoms with Gasteiger partial charge in [0.15, 0.2) is 0 Å². The Morgan fingerprint density at radius 1 is 1.38 bits per heavy atom. The van der Waals surface area contributed by atoms with Crippen LogP contribution >= 0.6 is 11.3 Å². The van der Waals surface area contributed by atoms with Gasteiger partial charge >= 0.3 is 6.09 Å². The fourth-order valence-corrected chi connectivity index (χ4v) is 3.11. The molecule has 0 atom stereocenters. The number of likely N-dealkylation sites (N-methyl/N-ethyl adjacent to an activating group) is 1. The summed E-state index contributed by atoms with van der Waals surface area (Å²) in [7, 11) is 1.78. The number of nitrogens with zero attached hydrogens (tertiary/aromatic N) is 4. The monoisotopic (exact) mass is 346 g/mol. The molecular weight excluding hydrogens is 324 g/mol. The maximum absolute atomic E-state index is 12.1. The van der Waals surface area contributed by atoms with Crippen molar-refractivity contribution in [3.63, 3.8) is 0 Å². The third kappa shape index (κ3) is 3.67. The van der Waals surface area contributed by atoms with Crippen LogP contribution in [0.3, 0.4) is 0 Å². The molecule has 0 unspecified atom stereocenters. The topological polar surface area (TPSA) is 58.6 Å². The molecule has 6 nitrogen and oxygen atoms in total. The smallest absolute Gasteiger partial charge is 0.410 e. The zero-order chi connectivity index (χ0) is 17.3. The van der Waals surface area contributed by atoms with Crippen LogP contribution in [0.4, 0.5) is 10.6 Å². The van der Waals surface area contributed by atoms with Crippen molar-refractivity contribution in [2.24, 2.45) is 0 Å². The Morgan fingerprint density at radius 2 is 2.12 bits per heavy atom. The van der Waals surface area contributed by atoms with Gasteiger partial charge in [-0.1, -0.05) is 0 Å². The van der Waals surface area contributed by atoms with Crippen molar-refractivity contribution in [3.8, 4) is 11.3 Å². The highest BCUT2D eigenvalue weighted by Gasteiger charge is 2.35. The highest BCUT2D eigenvalue weighted by atomic mass is 32.1. The summed E-state index contributed by atoms with van der Waals surface area (Å²) in [5.74, 6) is 0.889. The summed E-state index contributed by atoms with van der Waals surface area (Å²) >= 11 is 1.65. The first-order chi connectivity index (χ1) is 11.3. The van der Waals surface area contributed by atoms with Crippen molar-refractivity contribution in [2.45, 2.75) is 32.4 Å². The molecule has 7 heteroatoms. The van der Waals surface area contributed by atoms with Gasteiger partial charge in [-0.15, -0.1) is 0 Å². The molecule has 1 amide bonds. The van der Waals surface area contributed by atoms with Crippen LogP contribution in [0.15, 0.2) is 29.2 Å². The number of hydrogen-bond donors (Lipinski definition) is 0. The van der Waals surface area contributed by atoms with E-state index >= 15 is 0 Å². The molecule has 0 spiro atoms. The summed E-state index contributed by atoms with van der Waals surface area (Å²) in [5, 5.41) is 4.11. The maximum atomic E-state index is 12.1. The average Bonchev–Trinajstić information content (AvgIpc) is 2.98. The quantitative estimate of drug-likeness (QED) is 0.854. The van der Waals surface area contributed by atoms with Crippen molar-refractivity contribution in [1.29, 1.82) is 0 Å². The minimum atomic E-state index is -0.475. The molecule has 0 radical (unpaired) electrons. The van der Waals surface area contributed by atoms with Gasteiger partial charge in [0, 0.05) is 37.1 Å². The first-order valence-electron chi connectivity index (χ1n) is 7.89. The third-order valence-electron chi connectivity index (χ3n) is 3.89. The van der Waals surface area contributed by atoms with E-state index < -0.39 is 5.60 Å². The number of amides is 1. The Labute approximate surface area is 146 Å². The Morgan fingerprint density at radius 3 is 2.75 bits per heavy atom. The molecule has 1 aliphatic heterocycles. The van der Waals surface area contributed by atoms with Crippen molar-refractivity contribution in [1.82, 2.24) is 14.9 Å². The Bertz CT molecular complexity index is 706. The molecule has 24 heavy (non-hydrogen) atoms. The highest BCUT2D eigenvalue weighted by Crippen LogP contribution is 2.26. The highest BCUT2D eigenvalue weighted by molar-refractivity contribution is 7.08. The molecule has 1 aliphatic rings. The molecule has 0 bridgehead atoms. The molecule has 2 aromatic heterocycles. The second-order valence-corrected chi connectivity index (χ2v) is 7.70. The van der Waals surface area contributed by atoms with Gasteiger partial charge in [-0.3, -0.25) is 0 Å². The fraction of sp³-hybridized carbons (Fsp3) is 0.471. The van der Waals surface area contributed by atoms with Crippen LogP contribution in [0.2, 0.25) is 0 Å². The number of ether oxygens (including phenoxy) is 1. The maximum Gasteiger partial charge on any atom is 0.410 e. The van der Waals surface area contributed by atoms with Crippen LogP contribution in [0.5, 0.6) is 0 Å². The number of anilines is 1. The fourth-order valence-electron chi connectivity index (χ4n) is 2.46. The van der Waals surface area contributed by atoms with Gasteiger partial charge in [0.05, 0.1) is 11.7 Å². The van der Waals surface area contributed by atoms with Crippen molar-refractivity contribution < 1.29 is 9.53 Å². The van der Waals surface area contributed by atoms with Crippen LogP contribution in [0.1, 0.15) is 20.8 Å². The van der Waals surface area contributed by atoms with Gasteiger partial charge in [-0.05, 0) is 32.2 Å². The van der Waals surface area contributed by atoms with E-state index in [0.717, 1.165) is 30.2 Å². The van der Waals surface area contributed by atoms with Crippen molar-refractivity contribution in [2.75, 3.05) is 25.0 Å². The van der Waals surface area contributed by atoms with E-state index in [1.807, 2.05) is 38.3 Å². The van der Waals surface area contributed by atoms with Crippen LogP contribution in [0.25, 0.3) is 11.3 Å². The minimum Gasteiger partial charge on any atom is -0.444 e. The van der Waals surface area contributed by atoms with E-state index in [-0.39, 0.29) is 12.1 Å². The van der Waals surface area contributed by atoms with Gasteiger partial charge in [0.1, 0.15) is 17.7 Å². The van der Waals surface area contributed by atoms with Crippen molar-refractivity contribution in [3.05, 3.63) is 29.2 Å². The molecule has 1 fully saturated rings. The SMILES string of the molecule is CN(C(=O)OC(C)(C)C)C1CN(c2cc(-c3ccsc3)ncn2)C1. The molecule has 2 aromatic rings. The van der Waals surface area contributed by atoms with E-state index in [4.69, 9.17) is 4.74 Å². The van der Waals surface area contributed by atoms with Gasteiger partial charge in [0.2, 0.25) is 0 Å². The lowest BCUT2D eigenvalue weighted by Gasteiger charge is -2.44. The second-order valence-electron chi connectivity index (χ2n) is 6.92. The van der Waals surface area contributed by atoms with Crippen LogP contribution in [-0.4, -0.2) is 52.7 Å². The second kappa shape index (κ2) is 6.39. The van der Waals surface area contributed by atoms with Crippen LogP contribution < -0.4 is 4.90 Å². The summed E-state index contributed by atoms with van der Waals surface area (Å²) in [4.78, 5) is 24.6. The lowest BCUT2D eigenvalue weighted by atomic mass is 10.1. The van der Waals surface area contributed by atoms with Gasteiger partial charge in [0.25, 0.3) is 0 Å². The summed E-state index contributed by atoms with van der Waals surface area (Å²) in [6.07, 6.45) is 1.31.